The molecule has 1 aliphatic rings. The van der Waals surface area contributed by atoms with Gasteiger partial charge in [-0.1, -0.05) is 0 Å². The van der Waals surface area contributed by atoms with Crippen LogP contribution in [-0.4, -0.2) is 54.7 Å². The van der Waals surface area contributed by atoms with Gasteiger partial charge in [0.1, 0.15) is 5.75 Å². The molecule has 0 aromatic heterocycles. The second kappa shape index (κ2) is 7.38. The van der Waals surface area contributed by atoms with E-state index in [4.69, 9.17) is 9.47 Å². The van der Waals surface area contributed by atoms with E-state index >= 15 is 0 Å². The smallest absolute Gasteiger partial charge is 0.271 e. The number of hydrogen-bond acceptors (Lipinski definition) is 6. The average molecular weight is 323 g/mol. The van der Waals surface area contributed by atoms with E-state index < -0.39 is 4.92 Å². The number of non-ortho nitro benzene ring substituents is 1. The Kier molecular flexibility index (Phi) is 5.51. The van der Waals surface area contributed by atoms with Crippen molar-refractivity contribution in [3.63, 3.8) is 0 Å². The van der Waals surface area contributed by atoms with Crippen molar-refractivity contribution in [2.24, 2.45) is 0 Å². The topological polar surface area (TPSA) is 93.9 Å². The number of morpholine rings is 1. The highest BCUT2D eigenvalue weighted by atomic mass is 16.6. The first-order valence-electron chi connectivity index (χ1n) is 7.39. The lowest BCUT2D eigenvalue weighted by molar-refractivity contribution is -0.384. The van der Waals surface area contributed by atoms with Gasteiger partial charge in [0.2, 0.25) is 5.91 Å². The van der Waals surface area contributed by atoms with Crippen molar-refractivity contribution < 1.29 is 19.2 Å². The molecule has 0 saturated carbocycles. The van der Waals surface area contributed by atoms with Crippen LogP contribution in [0, 0.1) is 10.1 Å². The van der Waals surface area contributed by atoms with Gasteiger partial charge in [-0.05, 0) is 19.9 Å². The first-order valence-corrected chi connectivity index (χ1v) is 7.39. The van der Waals surface area contributed by atoms with Crippen LogP contribution < -0.4 is 10.1 Å². The molecule has 8 nitrogen and oxygen atoms in total. The lowest BCUT2D eigenvalue weighted by Crippen LogP contribution is -2.48. The summed E-state index contributed by atoms with van der Waals surface area (Å²) in [5.41, 5.74) is 0.191. The molecule has 1 amide bonds. The highest BCUT2D eigenvalue weighted by Crippen LogP contribution is 2.28. The minimum absolute atomic E-state index is 0.0684. The Morgan fingerprint density at radius 3 is 2.65 bits per heavy atom. The molecular weight excluding hydrogens is 302 g/mol. The molecule has 8 heteroatoms. The zero-order chi connectivity index (χ0) is 17.0. The zero-order valence-electron chi connectivity index (χ0n) is 13.4. The highest BCUT2D eigenvalue weighted by Gasteiger charge is 2.24. The quantitative estimate of drug-likeness (QED) is 0.654. The van der Waals surface area contributed by atoms with E-state index in [0.717, 1.165) is 0 Å². The molecular formula is C15H21N3O5. The predicted octanol–water partition coefficient (Wildman–Crippen LogP) is 1.65. The molecule has 0 spiro atoms. The molecule has 2 rings (SSSR count). The molecule has 0 aliphatic carbocycles. The number of ether oxygens (including phenoxy) is 2. The van der Waals surface area contributed by atoms with Crippen molar-refractivity contribution in [2.45, 2.75) is 26.1 Å². The fraction of sp³-hybridized carbons (Fsp3) is 0.533. The highest BCUT2D eigenvalue weighted by molar-refractivity contribution is 5.94. The molecule has 1 saturated heterocycles. The molecule has 0 bridgehead atoms. The Hall–Kier alpha value is -2.19. The van der Waals surface area contributed by atoms with Gasteiger partial charge in [-0.2, -0.15) is 0 Å². The molecule has 0 unspecified atom stereocenters. The molecule has 23 heavy (non-hydrogen) atoms. The van der Waals surface area contributed by atoms with Crippen LogP contribution in [0.25, 0.3) is 0 Å². The Balaban J connectivity index is 2.04. The number of nitrogens with one attached hydrogen (secondary N) is 1. The summed E-state index contributed by atoms with van der Waals surface area (Å²) in [5.74, 6) is 0.137. The zero-order valence-corrected chi connectivity index (χ0v) is 13.4. The SMILES string of the molecule is COc1ccc([N+](=O)[O-])cc1NC(=O)CN1C[C@H](C)O[C@@H](C)C1. The largest absolute Gasteiger partial charge is 0.495 e. The van der Waals surface area contributed by atoms with E-state index in [2.05, 4.69) is 5.32 Å². The molecule has 0 radical (unpaired) electrons. The van der Waals surface area contributed by atoms with Crippen LogP contribution in [-0.2, 0) is 9.53 Å². The number of nitro groups is 1. The van der Waals surface area contributed by atoms with Crippen LogP contribution in [0.1, 0.15) is 13.8 Å². The maximum absolute atomic E-state index is 12.2. The van der Waals surface area contributed by atoms with Crippen molar-refractivity contribution in [1.82, 2.24) is 4.90 Å². The van der Waals surface area contributed by atoms with E-state index in [1.54, 1.807) is 0 Å². The van der Waals surface area contributed by atoms with E-state index in [1.807, 2.05) is 18.7 Å². The lowest BCUT2D eigenvalue weighted by Gasteiger charge is -2.34. The fourth-order valence-corrected chi connectivity index (χ4v) is 2.71. The van der Waals surface area contributed by atoms with Gasteiger partial charge >= 0.3 is 0 Å². The molecule has 2 atom stereocenters. The van der Waals surface area contributed by atoms with Crippen LogP contribution in [0.3, 0.4) is 0 Å². The third-order valence-electron chi connectivity index (χ3n) is 3.53. The van der Waals surface area contributed by atoms with Gasteiger partial charge in [-0.3, -0.25) is 19.8 Å². The van der Waals surface area contributed by atoms with Gasteiger partial charge in [-0.25, -0.2) is 0 Å². The first kappa shape index (κ1) is 17.2. The molecule has 1 aromatic carbocycles. The molecule has 126 valence electrons. The standard InChI is InChI=1S/C15H21N3O5/c1-10-7-17(8-11(2)23-10)9-15(19)16-13-6-12(18(20)21)4-5-14(13)22-3/h4-6,10-11H,7-9H2,1-3H3,(H,16,19)/t10-,11-/m0/s1. The number of hydrogen-bond donors (Lipinski definition) is 1. The van der Waals surface area contributed by atoms with E-state index in [1.165, 1.54) is 25.3 Å². The number of rotatable bonds is 5. The van der Waals surface area contributed by atoms with Gasteiger partial charge in [0, 0.05) is 25.2 Å². The van der Waals surface area contributed by atoms with Crippen LogP contribution in [0.15, 0.2) is 18.2 Å². The molecule has 1 heterocycles. The summed E-state index contributed by atoms with van der Waals surface area (Å²) in [4.78, 5) is 24.6. The second-order valence-corrected chi connectivity index (χ2v) is 5.64. The fourth-order valence-electron chi connectivity index (χ4n) is 2.71. The first-order chi connectivity index (χ1) is 10.9. The summed E-state index contributed by atoms with van der Waals surface area (Å²) in [6.07, 6.45) is 0.137. The van der Waals surface area contributed by atoms with E-state index in [-0.39, 0.29) is 30.3 Å². The van der Waals surface area contributed by atoms with Gasteiger partial charge in [0.15, 0.2) is 0 Å². The molecule has 1 fully saturated rings. The number of methoxy groups -OCH3 is 1. The summed E-state index contributed by atoms with van der Waals surface area (Å²) >= 11 is 0. The summed E-state index contributed by atoms with van der Waals surface area (Å²) in [5, 5.41) is 13.5. The van der Waals surface area contributed by atoms with Crippen molar-refractivity contribution in [3.8, 4) is 5.75 Å². The number of amides is 1. The minimum atomic E-state index is -0.513. The Labute approximate surface area is 134 Å². The molecule has 1 N–H and O–H groups in total. The maximum Gasteiger partial charge on any atom is 0.271 e. The Morgan fingerprint density at radius 2 is 2.09 bits per heavy atom. The van der Waals surface area contributed by atoms with Crippen LogP contribution in [0.4, 0.5) is 11.4 Å². The van der Waals surface area contributed by atoms with Gasteiger partial charge in [0.05, 0.1) is 36.5 Å². The number of carbonyl (C=O) groups is 1. The van der Waals surface area contributed by atoms with Gasteiger partial charge in [0.25, 0.3) is 5.69 Å². The number of benzene rings is 1. The summed E-state index contributed by atoms with van der Waals surface area (Å²) in [7, 11) is 1.45. The minimum Gasteiger partial charge on any atom is -0.495 e. The van der Waals surface area contributed by atoms with Gasteiger partial charge in [-0.15, -0.1) is 0 Å². The second-order valence-electron chi connectivity index (χ2n) is 5.64. The van der Waals surface area contributed by atoms with Crippen LogP contribution in [0.2, 0.25) is 0 Å². The summed E-state index contributed by atoms with van der Waals surface area (Å²) < 4.78 is 10.8. The number of nitro benzene ring substituents is 1. The lowest BCUT2D eigenvalue weighted by atomic mass is 10.2. The number of anilines is 1. The van der Waals surface area contributed by atoms with Crippen molar-refractivity contribution in [3.05, 3.63) is 28.3 Å². The average Bonchev–Trinajstić information content (AvgIpc) is 2.45. The molecule has 1 aromatic rings. The van der Waals surface area contributed by atoms with E-state index in [0.29, 0.717) is 24.5 Å². The number of carbonyl (C=O) groups excluding carboxylic acids is 1. The van der Waals surface area contributed by atoms with Crippen LogP contribution in [0.5, 0.6) is 5.75 Å². The van der Waals surface area contributed by atoms with Crippen LogP contribution >= 0.6 is 0 Å². The van der Waals surface area contributed by atoms with Gasteiger partial charge < -0.3 is 14.8 Å². The Bertz CT molecular complexity index is 582. The number of nitrogens with zero attached hydrogens (tertiary/aromatic N) is 2. The summed E-state index contributed by atoms with van der Waals surface area (Å²) in [6, 6.07) is 4.09. The third kappa shape index (κ3) is 4.64. The third-order valence-corrected chi connectivity index (χ3v) is 3.53. The maximum atomic E-state index is 12.2. The molecule has 1 aliphatic heterocycles. The van der Waals surface area contributed by atoms with Crippen molar-refractivity contribution >= 4 is 17.3 Å². The summed E-state index contributed by atoms with van der Waals surface area (Å²) in [6.45, 7) is 5.46. The van der Waals surface area contributed by atoms with Crippen molar-refractivity contribution in [1.29, 1.82) is 0 Å². The predicted molar refractivity (Wildman–Crippen MR) is 84.7 cm³/mol. The normalized spacial score (nSPS) is 21.7. The van der Waals surface area contributed by atoms with Crippen molar-refractivity contribution in [2.75, 3.05) is 32.1 Å². The Morgan fingerprint density at radius 1 is 1.43 bits per heavy atom. The monoisotopic (exact) mass is 323 g/mol. The van der Waals surface area contributed by atoms with E-state index in [9.17, 15) is 14.9 Å².